The van der Waals surface area contributed by atoms with E-state index in [2.05, 4.69) is 5.32 Å². The van der Waals surface area contributed by atoms with Gasteiger partial charge in [0.1, 0.15) is 5.69 Å². The van der Waals surface area contributed by atoms with Crippen LogP contribution in [0.3, 0.4) is 0 Å². The van der Waals surface area contributed by atoms with Crippen molar-refractivity contribution in [3.05, 3.63) is 33.9 Å². The number of amides is 2. The number of benzene rings is 1. The molecule has 0 unspecified atom stereocenters. The van der Waals surface area contributed by atoms with Crippen molar-refractivity contribution in [3.63, 3.8) is 0 Å². The Balaban J connectivity index is 1.34. The Bertz CT molecular complexity index is 823. The second-order valence-corrected chi connectivity index (χ2v) is 9.06. The summed E-state index contributed by atoms with van der Waals surface area (Å²) in [6, 6.07) is 4.76. The van der Waals surface area contributed by atoms with Crippen molar-refractivity contribution in [2.45, 2.75) is 63.8 Å². The molecule has 3 fully saturated rings. The topological polar surface area (TPSA) is 95.8 Å². The number of carbonyl (C=O) groups is 2. The summed E-state index contributed by atoms with van der Waals surface area (Å²) in [7, 11) is 0. The normalized spacial score (nSPS) is 20.6. The molecule has 1 aromatic carbocycles. The fourth-order valence-electron chi connectivity index (χ4n) is 5.16. The molecule has 0 radical (unpaired) electrons. The van der Waals surface area contributed by atoms with E-state index in [1.54, 1.807) is 12.1 Å². The van der Waals surface area contributed by atoms with Crippen LogP contribution in [0.2, 0.25) is 0 Å². The zero-order valence-corrected chi connectivity index (χ0v) is 18.1. The van der Waals surface area contributed by atoms with E-state index in [0.717, 1.165) is 64.5 Å². The molecule has 3 aliphatic rings. The molecule has 168 valence electrons. The number of anilines is 1. The lowest BCUT2D eigenvalue weighted by Gasteiger charge is -2.35. The Morgan fingerprint density at radius 1 is 0.935 bits per heavy atom. The summed E-state index contributed by atoms with van der Waals surface area (Å²) in [6.07, 6.45) is 9.02. The molecule has 0 atom stereocenters. The second kappa shape index (κ2) is 9.66. The van der Waals surface area contributed by atoms with Crippen LogP contribution >= 0.6 is 0 Å². The Labute approximate surface area is 183 Å². The van der Waals surface area contributed by atoms with Crippen LogP contribution in [0.5, 0.6) is 0 Å². The first-order chi connectivity index (χ1) is 15.0. The minimum Gasteiger partial charge on any atom is -0.366 e. The van der Waals surface area contributed by atoms with Crippen molar-refractivity contribution in [2.24, 2.45) is 5.92 Å². The summed E-state index contributed by atoms with van der Waals surface area (Å²) in [5.74, 6) is 0.167. The summed E-state index contributed by atoms with van der Waals surface area (Å²) in [6.45, 7) is 2.94. The van der Waals surface area contributed by atoms with Crippen molar-refractivity contribution in [1.82, 2.24) is 10.2 Å². The van der Waals surface area contributed by atoms with E-state index in [9.17, 15) is 19.7 Å². The molecule has 8 heteroatoms. The first-order valence-corrected chi connectivity index (χ1v) is 11.7. The van der Waals surface area contributed by atoms with Crippen LogP contribution in [0, 0.1) is 16.0 Å². The molecule has 2 aliphatic heterocycles. The molecule has 2 heterocycles. The van der Waals surface area contributed by atoms with Gasteiger partial charge >= 0.3 is 0 Å². The van der Waals surface area contributed by atoms with Crippen LogP contribution in [0.1, 0.15) is 68.1 Å². The zero-order valence-electron chi connectivity index (χ0n) is 18.1. The fraction of sp³-hybridized carbons (Fsp3) is 0.652. The molecule has 1 aliphatic carbocycles. The third kappa shape index (κ3) is 4.99. The van der Waals surface area contributed by atoms with Crippen LogP contribution < -0.4 is 10.2 Å². The van der Waals surface area contributed by atoms with Gasteiger partial charge in [-0.2, -0.15) is 0 Å². The predicted molar refractivity (Wildman–Crippen MR) is 118 cm³/mol. The third-order valence-electron chi connectivity index (χ3n) is 6.98. The first kappa shape index (κ1) is 21.6. The van der Waals surface area contributed by atoms with E-state index in [0.29, 0.717) is 24.3 Å². The second-order valence-electron chi connectivity index (χ2n) is 9.06. The third-order valence-corrected chi connectivity index (χ3v) is 6.98. The molecule has 2 amide bonds. The summed E-state index contributed by atoms with van der Waals surface area (Å²) in [5, 5.41) is 14.6. The van der Waals surface area contributed by atoms with Gasteiger partial charge in [0.05, 0.1) is 4.92 Å². The monoisotopic (exact) mass is 428 g/mol. The van der Waals surface area contributed by atoms with E-state index < -0.39 is 4.92 Å². The molecular weight excluding hydrogens is 396 g/mol. The molecule has 4 rings (SSSR count). The highest BCUT2D eigenvalue weighted by Crippen LogP contribution is 2.32. The number of hydrogen-bond donors (Lipinski definition) is 1. The highest BCUT2D eigenvalue weighted by Gasteiger charge is 2.30. The molecule has 0 bridgehead atoms. The standard InChI is InChI=1S/C23H32N4O4/c28-22(18-8-9-20(21(16-18)27(30)31)25-12-4-5-13-25)24-19-10-14-26(15-11-19)23(29)17-6-2-1-3-7-17/h8-9,16-17,19H,1-7,10-15H2,(H,24,28). The maximum Gasteiger partial charge on any atom is 0.293 e. The Kier molecular flexibility index (Phi) is 6.73. The molecular formula is C23H32N4O4. The van der Waals surface area contributed by atoms with Crippen molar-refractivity contribution in [3.8, 4) is 0 Å². The molecule has 0 spiro atoms. The number of hydrogen-bond acceptors (Lipinski definition) is 5. The van der Waals surface area contributed by atoms with E-state index in [1.807, 2.05) is 9.80 Å². The van der Waals surface area contributed by atoms with Gasteiger partial charge in [-0.15, -0.1) is 0 Å². The van der Waals surface area contributed by atoms with Gasteiger partial charge in [0.2, 0.25) is 5.91 Å². The van der Waals surface area contributed by atoms with Crippen molar-refractivity contribution >= 4 is 23.2 Å². The average molecular weight is 429 g/mol. The lowest BCUT2D eigenvalue weighted by Crippen LogP contribution is -2.48. The summed E-state index contributed by atoms with van der Waals surface area (Å²) < 4.78 is 0. The predicted octanol–water partition coefficient (Wildman–Crippen LogP) is 3.50. The van der Waals surface area contributed by atoms with Gasteiger partial charge in [-0.05, 0) is 50.7 Å². The first-order valence-electron chi connectivity index (χ1n) is 11.7. The molecule has 2 saturated heterocycles. The van der Waals surface area contributed by atoms with Crippen molar-refractivity contribution in [1.29, 1.82) is 0 Å². The Morgan fingerprint density at radius 3 is 2.26 bits per heavy atom. The van der Waals surface area contributed by atoms with Crippen LogP contribution in [0.4, 0.5) is 11.4 Å². The molecule has 31 heavy (non-hydrogen) atoms. The van der Waals surface area contributed by atoms with E-state index in [1.165, 1.54) is 12.5 Å². The lowest BCUT2D eigenvalue weighted by molar-refractivity contribution is -0.384. The van der Waals surface area contributed by atoms with E-state index in [4.69, 9.17) is 0 Å². The molecule has 8 nitrogen and oxygen atoms in total. The summed E-state index contributed by atoms with van der Waals surface area (Å²) in [5.41, 5.74) is 0.895. The van der Waals surface area contributed by atoms with Crippen LogP contribution in [0.15, 0.2) is 18.2 Å². The van der Waals surface area contributed by atoms with Crippen molar-refractivity contribution < 1.29 is 14.5 Å². The molecule has 1 N–H and O–H groups in total. The molecule has 1 aromatic rings. The minimum atomic E-state index is -0.403. The van der Waals surface area contributed by atoms with Crippen LogP contribution in [-0.2, 0) is 4.79 Å². The Hall–Kier alpha value is -2.64. The number of rotatable bonds is 5. The lowest BCUT2D eigenvalue weighted by atomic mass is 9.87. The maximum atomic E-state index is 12.8. The summed E-state index contributed by atoms with van der Waals surface area (Å²) in [4.78, 5) is 40.6. The molecule has 1 saturated carbocycles. The number of likely N-dealkylation sites (tertiary alicyclic amines) is 1. The van der Waals surface area contributed by atoms with Crippen LogP contribution in [-0.4, -0.2) is 53.9 Å². The number of nitrogens with zero attached hydrogens (tertiary/aromatic N) is 3. The van der Waals surface area contributed by atoms with Gasteiger partial charge < -0.3 is 15.1 Å². The van der Waals surface area contributed by atoms with Gasteiger partial charge in [-0.3, -0.25) is 19.7 Å². The van der Waals surface area contributed by atoms with E-state index in [-0.39, 0.29) is 29.5 Å². The van der Waals surface area contributed by atoms with Gasteiger partial charge in [-0.25, -0.2) is 0 Å². The number of piperidine rings is 1. The SMILES string of the molecule is O=C(NC1CCN(C(=O)C2CCCCC2)CC1)c1ccc(N2CCCC2)c([N+](=O)[O-])c1. The zero-order chi connectivity index (χ0) is 21.8. The highest BCUT2D eigenvalue weighted by atomic mass is 16.6. The molecule has 0 aromatic heterocycles. The average Bonchev–Trinajstić information content (AvgIpc) is 3.34. The Morgan fingerprint density at radius 2 is 1.61 bits per heavy atom. The van der Waals surface area contributed by atoms with Gasteiger partial charge in [-0.1, -0.05) is 19.3 Å². The number of carbonyl (C=O) groups excluding carboxylic acids is 2. The van der Waals surface area contributed by atoms with Gasteiger partial charge in [0.25, 0.3) is 11.6 Å². The fourth-order valence-corrected chi connectivity index (χ4v) is 5.16. The van der Waals surface area contributed by atoms with Crippen molar-refractivity contribution in [2.75, 3.05) is 31.1 Å². The smallest absolute Gasteiger partial charge is 0.293 e. The van der Waals surface area contributed by atoms with Gasteiger partial charge in [0.15, 0.2) is 0 Å². The number of nitrogens with one attached hydrogen (secondary N) is 1. The number of nitro benzene ring substituents is 1. The quantitative estimate of drug-likeness (QED) is 0.572. The minimum absolute atomic E-state index is 0.0116. The maximum absolute atomic E-state index is 12.8. The largest absolute Gasteiger partial charge is 0.366 e. The van der Waals surface area contributed by atoms with E-state index >= 15 is 0 Å². The van der Waals surface area contributed by atoms with Crippen LogP contribution in [0.25, 0.3) is 0 Å². The highest BCUT2D eigenvalue weighted by molar-refractivity contribution is 5.96. The van der Waals surface area contributed by atoms with Gasteiger partial charge in [0, 0.05) is 49.8 Å². The number of nitro groups is 1. The summed E-state index contributed by atoms with van der Waals surface area (Å²) >= 11 is 0.